The number of halogens is 1. The van der Waals surface area contributed by atoms with E-state index in [0.29, 0.717) is 43.4 Å². The fourth-order valence-corrected chi connectivity index (χ4v) is 3.93. The van der Waals surface area contributed by atoms with Crippen molar-refractivity contribution < 1.29 is 18.7 Å². The molecular weight excluding hydrogens is 385 g/mol. The van der Waals surface area contributed by atoms with Crippen molar-refractivity contribution in [3.63, 3.8) is 0 Å². The molecule has 2 heterocycles. The average molecular weight is 413 g/mol. The number of pyridine rings is 1. The number of amides is 2. The molecule has 1 fully saturated rings. The fourth-order valence-electron chi connectivity index (χ4n) is 3.93. The molecule has 3 rings (SSSR count). The molecule has 2 N–H and O–H groups in total. The van der Waals surface area contributed by atoms with Gasteiger partial charge >= 0.3 is 0 Å². The summed E-state index contributed by atoms with van der Waals surface area (Å²) in [6.07, 6.45) is 4.38. The SMILES string of the molecule is COc1ccc(C[C@@]2(CCC(=O)N[C@@H](C)Cc3ccccn3)CCC(=O)N2)c(F)c1. The summed E-state index contributed by atoms with van der Waals surface area (Å²) >= 11 is 0. The first-order valence-electron chi connectivity index (χ1n) is 10.2. The Morgan fingerprint density at radius 1 is 1.37 bits per heavy atom. The summed E-state index contributed by atoms with van der Waals surface area (Å²) in [5.74, 6) is -0.0765. The molecule has 160 valence electrons. The van der Waals surface area contributed by atoms with Crippen molar-refractivity contribution in [1.29, 1.82) is 0 Å². The highest BCUT2D eigenvalue weighted by Gasteiger charge is 2.38. The number of methoxy groups -OCH3 is 1. The van der Waals surface area contributed by atoms with Crippen LogP contribution in [0.25, 0.3) is 0 Å². The van der Waals surface area contributed by atoms with Gasteiger partial charge in [0, 0.05) is 48.8 Å². The lowest BCUT2D eigenvalue weighted by molar-refractivity contribution is -0.123. The van der Waals surface area contributed by atoms with Crippen LogP contribution in [0.15, 0.2) is 42.6 Å². The molecule has 0 bridgehead atoms. The molecule has 2 atom stereocenters. The number of ether oxygens (including phenoxy) is 1. The highest BCUT2D eigenvalue weighted by atomic mass is 19.1. The predicted octanol–water partition coefficient (Wildman–Crippen LogP) is 2.95. The van der Waals surface area contributed by atoms with Crippen LogP contribution in [0.2, 0.25) is 0 Å². The lowest BCUT2D eigenvalue weighted by Gasteiger charge is -2.30. The highest BCUT2D eigenvalue weighted by Crippen LogP contribution is 2.31. The van der Waals surface area contributed by atoms with E-state index in [9.17, 15) is 14.0 Å². The molecule has 6 nitrogen and oxygen atoms in total. The first-order valence-corrected chi connectivity index (χ1v) is 10.2. The van der Waals surface area contributed by atoms with E-state index in [1.807, 2.05) is 25.1 Å². The molecule has 30 heavy (non-hydrogen) atoms. The van der Waals surface area contributed by atoms with Crippen LogP contribution in [0, 0.1) is 5.82 Å². The van der Waals surface area contributed by atoms with Crippen molar-refractivity contribution in [3.8, 4) is 5.75 Å². The minimum Gasteiger partial charge on any atom is -0.497 e. The van der Waals surface area contributed by atoms with E-state index in [0.717, 1.165) is 5.69 Å². The second-order valence-electron chi connectivity index (χ2n) is 7.96. The van der Waals surface area contributed by atoms with E-state index < -0.39 is 5.54 Å². The maximum Gasteiger partial charge on any atom is 0.220 e. The van der Waals surface area contributed by atoms with Crippen molar-refractivity contribution in [1.82, 2.24) is 15.6 Å². The van der Waals surface area contributed by atoms with Gasteiger partial charge in [0.2, 0.25) is 11.8 Å². The normalized spacial score (nSPS) is 19.2. The first kappa shape index (κ1) is 21.7. The quantitative estimate of drug-likeness (QED) is 0.662. The van der Waals surface area contributed by atoms with Gasteiger partial charge in [0.05, 0.1) is 7.11 Å². The zero-order valence-electron chi connectivity index (χ0n) is 17.4. The van der Waals surface area contributed by atoms with Gasteiger partial charge in [-0.2, -0.15) is 0 Å². The Bertz CT molecular complexity index is 891. The van der Waals surface area contributed by atoms with Crippen LogP contribution in [-0.4, -0.2) is 35.5 Å². The topological polar surface area (TPSA) is 80.3 Å². The van der Waals surface area contributed by atoms with E-state index in [1.54, 1.807) is 18.3 Å². The second kappa shape index (κ2) is 9.69. The Labute approximate surface area is 176 Å². The molecule has 0 saturated carbocycles. The summed E-state index contributed by atoms with van der Waals surface area (Å²) in [6.45, 7) is 1.94. The maximum atomic E-state index is 14.5. The van der Waals surface area contributed by atoms with Gasteiger partial charge in [-0.15, -0.1) is 0 Å². The van der Waals surface area contributed by atoms with Crippen LogP contribution in [-0.2, 0) is 22.4 Å². The van der Waals surface area contributed by atoms with Gasteiger partial charge in [0.25, 0.3) is 0 Å². The fraction of sp³-hybridized carbons (Fsp3) is 0.435. The molecule has 0 unspecified atom stereocenters. The molecular formula is C23H28FN3O3. The Hall–Kier alpha value is -2.96. The molecule has 1 aromatic heterocycles. The van der Waals surface area contributed by atoms with Crippen molar-refractivity contribution >= 4 is 11.8 Å². The summed E-state index contributed by atoms with van der Waals surface area (Å²) < 4.78 is 19.5. The number of aromatic nitrogens is 1. The van der Waals surface area contributed by atoms with Crippen LogP contribution in [0.1, 0.15) is 43.9 Å². The van der Waals surface area contributed by atoms with Crippen molar-refractivity contribution in [3.05, 3.63) is 59.7 Å². The van der Waals surface area contributed by atoms with Crippen LogP contribution in [0.3, 0.4) is 0 Å². The first-order chi connectivity index (χ1) is 14.4. The molecule has 2 amide bonds. The van der Waals surface area contributed by atoms with E-state index in [2.05, 4.69) is 15.6 Å². The molecule has 7 heteroatoms. The maximum absolute atomic E-state index is 14.5. The van der Waals surface area contributed by atoms with Crippen LogP contribution in [0.5, 0.6) is 5.75 Å². The van der Waals surface area contributed by atoms with E-state index in [-0.39, 0.29) is 30.1 Å². The summed E-state index contributed by atoms with van der Waals surface area (Å²) in [4.78, 5) is 28.7. The number of hydrogen-bond acceptors (Lipinski definition) is 4. The lowest BCUT2D eigenvalue weighted by Crippen LogP contribution is -2.45. The molecule has 1 aliphatic heterocycles. The Kier molecular flexibility index (Phi) is 7.03. The minimum absolute atomic E-state index is 0.0550. The Morgan fingerprint density at radius 2 is 2.20 bits per heavy atom. The van der Waals surface area contributed by atoms with E-state index in [1.165, 1.54) is 13.2 Å². The third-order valence-electron chi connectivity index (χ3n) is 5.50. The predicted molar refractivity (Wildman–Crippen MR) is 112 cm³/mol. The molecule has 2 aromatic rings. The number of nitrogens with zero attached hydrogens (tertiary/aromatic N) is 1. The van der Waals surface area contributed by atoms with Gasteiger partial charge in [-0.25, -0.2) is 4.39 Å². The third kappa shape index (κ3) is 5.78. The average Bonchev–Trinajstić information content (AvgIpc) is 3.09. The van der Waals surface area contributed by atoms with Gasteiger partial charge in [0.15, 0.2) is 0 Å². The van der Waals surface area contributed by atoms with Gasteiger partial charge in [0.1, 0.15) is 11.6 Å². The van der Waals surface area contributed by atoms with Gasteiger partial charge < -0.3 is 15.4 Å². The summed E-state index contributed by atoms with van der Waals surface area (Å²) in [7, 11) is 1.49. The van der Waals surface area contributed by atoms with Gasteiger partial charge in [-0.05, 0) is 49.9 Å². The number of hydrogen-bond donors (Lipinski definition) is 2. The highest BCUT2D eigenvalue weighted by molar-refractivity contribution is 5.80. The van der Waals surface area contributed by atoms with E-state index in [4.69, 9.17) is 4.74 Å². The van der Waals surface area contributed by atoms with Crippen LogP contribution in [0.4, 0.5) is 4.39 Å². The molecule has 1 aromatic carbocycles. The van der Waals surface area contributed by atoms with Gasteiger partial charge in [-0.1, -0.05) is 12.1 Å². The zero-order valence-corrected chi connectivity index (χ0v) is 17.4. The standard InChI is InChI=1S/C23H28FN3O3/c1-16(13-18-5-3-4-12-25-18)26-21(28)8-10-23(11-9-22(29)27-23)15-17-6-7-19(30-2)14-20(17)24/h3-7,12,14,16H,8-11,13,15H2,1-2H3,(H,26,28)(H,27,29)/t16-,23+/m0/s1. The zero-order chi connectivity index (χ0) is 21.6. The number of benzene rings is 1. The summed E-state index contributed by atoms with van der Waals surface area (Å²) in [5.41, 5.74) is 0.801. The molecule has 0 aliphatic carbocycles. The smallest absolute Gasteiger partial charge is 0.220 e. The van der Waals surface area contributed by atoms with Crippen LogP contribution >= 0.6 is 0 Å². The molecule has 1 aliphatic rings. The number of rotatable bonds is 9. The monoisotopic (exact) mass is 413 g/mol. The Balaban J connectivity index is 1.59. The lowest BCUT2D eigenvalue weighted by atomic mass is 9.84. The second-order valence-corrected chi connectivity index (χ2v) is 7.96. The van der Waals surface area contributed by atoms with E-state index >= 15 is 0 Å². The summed E-state index contributed by atoms with van der Waals surface area (Å²) in [5, 5.41) is 5.98. The van der Waals surface area contributed by atoms with Crippen molar-refractivity contribution in [2.75, 3.05) is 7.11 Å². The molecule has 0 radical (unpaired) electrons. The van der Waals surface area contributed by atoms with Crippen molar-refractivity contribution in [2.45, 2.75) is 57.0 Å². The molecule has 1 saturated heterocycles. The van der Waals surface area contributed by atoms with Gasteiger partial charge in [-0.3, -0.25) is 14.6 Å². The largest absolute Gasteiger partial charge is 0.497 e. The number of nitrogens with one attached hydrogen (secondary N) is 2. The van der Waals surface area contributed by atoms with Crippen molar-refractivity contribution in [2.24, 2.45) is 0 Å². The number of carbonyl (C=O) groups excluding carboxylic acids is 2. The Morgan fingerprint density at radius 3 is 2.83 bits per heavy atom. The third-order valence-corrected chi connectivity index (χ3v) is 5.50. The number of carbonyl (C=O) groups is 2. The molecule has 0 spiro atoms. The minimum atomic E-state index is -0.617. The van der Waals surface area contributed by atoms with Crippen LogP contribution < -0.4 is 15.4 Å². The summed E-state index contributed by atoms with van der Waals surface area (Å²) in [6, 6.07) is 10.4.